The van der Waals surface area contributed by atoms with Crippen molar-refractivity contribution >= 4 is 60.9 Å². The van der Waals surface area contributed by atoms with Gasteiger partial charge in [-0.3, -0.25) is 0 Å². The summed E-state index contributed by atoms with van der Waals surface area (Å²) in [6.07, 6.45) is 0. The van der Waals surface area contributed by atoms with E-state index in [1.165, 1.54) is 38.9 Å². The SMILES string of the molecule is CC1(c2ccc3c(c2)oc2ccccc23)c2ccccc2-c2ccc(N(c3ccc(-c4ccccc4)cc3)c3ccc4c(c3)oc3ccccc34)cc21. The van der Waals surface area contributed by atoms with Crippen molar-refractivity contribution in [2.24, 2.45) is 0 Å². The van der Waals surface area contributed by atoms with Crippen LogP contribution in [0.5, 0.6) is 0 Å². The quantitative estimate of drug-likeness (QED) is 0.181. The molecule has 8 aromatic carbocycles. The highest BCUT2D eigenvalue weighted by Gasteiger charge is 2.41. The molecule has 0 saturated carbocycles. The van der Waals surface area contributed by atoms with Crippen LogP contribution in [-0.2, 0) is 5.41 Å². The Labute approximate surface area is 307 Å². The van der Waals surface area contributed by atoms with E-state index in [2.05, 4.69) is 170 Å². The molecule has 10 aromatic rings. The Bertz CT molecular complexity index is 3020. The molecular formula is C50H33NO2. The van der Waals surface area contributed by atoms with Crippen LogP contribution in [0.3, 0.4) is 0 Å². The van der Waals surface area contributed by atoms with E-state index in [9.17, 15) is 0 Å². The molecule has 2 aromatic heterocycles. The molecule has 1 aliphatic carbocycles. The molecule has 0 radical (unpaired) electrons. The minimum absolute atomic E-state index is 0.416. The first-order chi connectivity index (χ1) is 26.1. The number of anilines is 3. The van der Waals surface area contributed by atoms with Gasteiger partial charge in [-0.1, -0.05) is 121 Å². The van der Waals surface area contributed by atoms with E-state index in [-0.39, 0.29) is 0 Å². The molecule has 11 rings (SSSR count). The fourth-order valence-electron chi connectivity index (χ4n) is 8.70. The normalized spacial score (nSPS) is 15.0. The summed E-state index contributed by atoms with van der Waals surface area (Å²) in [6.45, 7) is 2.37. The van der Waals surface area contributed by atoms with Crippen LogP contribution in [0.4, 0.5) is 17.1 Å². The third-order valence-electron chi connectivity index (χ3n) is 11.4. The Morgan fingerprint density at radius 3 is 1.66 bits per heavy atom. The lowest BCUT2D eigenvalue weighted by atomic mass is 9.74. The molecule has 0 amide bonds. The molecule has 3 heteroatoms. The zero-order valence-electron chi connectivity index (χ0n) is 29.1. The highest BCUT2D eigenvalue weighted by molar-refractivity contribution is 6.07. The number of para-hydroxylation sites is 2. The molecule has 1 unspecified atom stereocenters. The summed E-state index contributed by atoms with van der Waals surface area (Å²) in [5.41, 5.74) is 15.0. The van der Waals surface area contributed by atoms with Crippen LogP contribution in [0.15, 0.2) is 191 Å². The monoisotopic (exact) mass is 679 g/mol. The molecular weight excluding hydrogens is 647 g/mol. The number of fused-ring (bicyclic) bond motifs is 9. The van der Waals surface area contributed by atoms with Gasteiger partial charge in [0, 0.05) is 50.1 Å². The van der Waals surface area contributed by atoms with E-state index < -0.39 is 5.41 Å². The maximum absolute atomic E-state index is 6.43. The zero-order valence-corrected chi connectivity index (χ0v) is 29.1. The topological polar surface area (TPSA) is 29.5 Å². The second kappa shape index (κ2) is 11.3. The van der Waals surface area contributed by atoms with Gasteiger partial charge < -0.3 is 13.7 Å². The van der Waals surface area contributed by atoms with Crippen molar-refractivity contribution in [2.75, 3.05) is 4.90 Å². The smallest absolute Gasteiger partial charge is 0.137 e. The zero-order chi connectivity index (χ0) is 35.1. The van der Waals surface area contributed by atoms with Crippen molar-refractivity contribution in [3.8, 4) is 22.3 Å². The summed E-state index contributed by atoms with van der Waals surface area (Å²) >= 11 is 0. The summed E-state index contributed by atoms with van der Waals surface area (Å²) in [6, 6.07) is 65.1. The minimum atomic E-state index is -0.416. The van der Waals surface area contributed by atoms with Crippen molar-refractivity contribution in [3.63, 3.8) is 0 Å². The standard InChI is InChI=1S/C50H33NO2/c1-50(34-21-26-42-40-14-6-9-17-46(40)52-48(42)29-34)44-16-8-5-13-38(44)39-27-24-36(30-45(39)50)51(35-22-19-33(20-23-35)32-11-3-2-4-12-32)37-25-28-43-41-15-7-10-18-47(41)53-49(43)31-37/h2-31H,1H3. The highest BCUT2D eigenvalue weighted by atomic mass is 16.3. The van der Waals surface area contributed by atoms with Gasteiger partial charge in [-0.15, -0.1) is 0 Å². The summed E-state index contributed by atoms with van der Waals surface area (Å²) in [5.74, 6) is 0. The fraction of sp³-hybridized carbons (Fsp3) is 0.0400. The summed E-state index contributed by atoms with van der Waals surface area (Å²) in [4.78, 5) is 2.35. The number of nitrogens with zero attached hydrogens (tertiary/aromatic N) is 1. The first-order valence-electron chi connectivity index (χ1n) is 18.2. The molecule has 0 fully saturated rings. The van der Waals surface area contributed by atoms with Crippen LogP contribution in [0.25, 0.3) is 66.1 Å². The van der Waals surface area contributed by atoms with Crippen molar-refractivity contribution in [1.29, 1.82) is 0 Å². The third-order valence-corrected chi connectivity index (χ3v) is 11.4. The third kappa shape index (κ3) is 4.47. The highest BCUT2D eigenvalue weighted by Crippen LogP contribution is 2.54. The maximum Gasteiger partial charge on any atom is 0.137 e. The second-order valence-corrected chi connectivity index (χ2v) is 14.2. The van der Waals surface area contributed by atoms with Crippen molar-refractivity contribution < 1.29 is 8.83 Å². The average Bonchev–Trinajstić information content (AvgIpc) is 3.86. The maximum atomic E-state index is 6.43. The molecule has 1 atom stereocenters. The lowest BCUT2D eigenvalue weighted by Gasteiger charge is -2.31. The Balaban J connectivity index is 1.11. The van der Waals surface area contributed by atoms with Crippen LogP contribution in [0.2, 0.25) is 0 Å². The molecule has 3 nitrogen and oxygen atoms in total. The first kappa shape index (κ1) is 29.8. The Morgan fingerprint density at radius 2 is 0.906 bits per heavy atom. The molecule has 0 saturated heterocycles. The van der Waals surface area contributed by atoms with E-state index in [0.717, 1.165) is 60.9 Å². The molecule has 1 aliphatic rings. The van der Waals surface area contributed by atoms with E-state index >= 15 is 0 Å². The number of rotatable bonds is 5. The lowest BCUT2D eigenvalue weighted by Crippen LogP contribution is -2.23. The average molecular weight is 680 g/mol. The Morgan fingerprint density at radius 1 is 0.377 bits per heavy atom. The molecule has 0 bridgehead atoms. The predicted octanol–water partition coefficient (Wildman–Crippen LogP) is 14.0. The van der Waals surface area contributed by atoms with Gasteiger partial charge in [-0.05, 0) is 100 Å². The Kier molecular flexibility index (Phi) is 6.38. The van der Waals surface area contributed by atoms with E-state index in [4.69, 9.17) is 8.83 Å². The number of benzene rings is 8. The largest absolute Gasteiger partial charge is 0.456 e. The van der Waals surface area contributed by atoms with Gasteiger partial charge in [0.2, 0.25) is 0 Å². The second-order valence-electron chi connectivity index (χ2n) is 14.2. The number of furan rings is 2. The first-order valence-corrected chi connectivity index (χ1v) is 18.2. The van der Waals surface area contributed by atoms with Crippen molar-refractivity contribution in [3.05, 3.63) is 199 Å². The van der Waals surface area contributed by atoms with Crippen LogP contribution < -0.4 is 4.90 Å². The molecule has 0 aliphatic heterocycles. The van der Waals surface area contributed by atoms with Crippen LogP contribution in [0.1, 0.15) is 23.6 Å². The van der Waals surface area contributed by atoms with E-state index in [1.54, 1.807) is 0 Å². The lowest BCUT2D eigenvalue weighted by molar-refractivity contribution is 0.662. The number of hydrogen-bond acceptors (Lipinski definition) is 3. The fourth-order valence-corrected chi connectivity index (χ4v) is 8.70. The van der Waals surface area contributed by atoms with Gasteiger partial charge in [-0.2, -0.15) is 0 Å². The summed E-state index contributed by atoms with van der Waals surface area (Å²) < 4.78 is 12.9. The Hall–Kier alpha value is -6.84. The van der Waals surface area contributed by atoms with Gasteiger partial charge in [0.05, 0.1) is 0 Å². The van der Waals surface area contributed by atoms with Gasteiger partial charge >= 0.3 is 0 Å². The van der Waals surface area contributed by atoms with E-state index in [1.807, 2.05) is 24.3 Å². The molecule has 2 heterocycles. The van der Waals surface area contributed by atoms with Crippen LogP contribution in [-0.4, -0.2) is 0 Å². The van der Waals surface area contributed by atoms with Gasteiger partial charge in [0.15, 0.2) is 0 Å². The van der Waals surface area contributed by atoms with Crippen LogP contribution >= 0.6 is 0 Å². The summed E-state index contributed by atoms with van der Waals surface area (Å²) in [5, 5.41) is 4.52. The molecule has 250 valence electrons. The number of hydrogen-bond donors (Lipinski definition) is 0. The van der Waals surface area contributed by atoms with Crippen LogP contribution in [0, 0.1) is 0 Å². The van der Waals surface area contributed by atoms with Crippen molar-refractivity contribution in [1.82, 2.24) is 0 Å². The van der Waals surface area contributed by atoms with E-state index in [0.29, 0.717) is 0 Å². The molecule has 0 spiro atoms. The van der Waals surface area contributed by atoms with Crippen molar-refractivity contribution in [2.45, 2.75) is 12.3 Å². The molecule has 0 N–H and O–H groups in total. The predicted molar refractivity (Wildman–Crippen MR) is 219 cm³/mol. The summed E-state index contributed by atoms with van der Waals surface area (Å²) in [7, 11) is 0. The van der Waals surface area contributed by atoms with Gasteiger partial charge in [0.25, 0.3) is 0 Å². The minimum Gasteiger partial charge on any atom is -0.456 e. The van der Waals surface area contributed by atoms with Gasteiger partial charge in [-0.25, -0.2) is 0 Å². The molecule has 53 heavy (non-hydrogen) atoms. The van der Waals surface area contributed by atoms with Gasteiger partial charge in [0.1, 0.15) is 22.3 Å².